The second kappa shape index (κ2) is 52.8. The quantitative estimate of drug-likeness (QED) is 0.0264. The number of rotatable bonds is 48. The van der Waals surface area contributed by atoms with E-state index >= 15 is 0 Å². The highest BCUT2D eigenvalue weighted by Gasteiger charge is 2.26. The normalized spacial score (nSPS) is 14.1. The van der Waals surface area contributed by atoms with E-state index < -0.39 is 32.5 Å². The van der Waals surface area contributed by atoms with Crippen LogP contribution in [0.25, 0.3) is 0 Å². The Labute approximate surface area is 415 Å². The van der Waals surface area contributed by atoms with E-state index in [2.05, 4.69) is 135 Å². The number of phosphoric ester groups is 1. The van der Waals surface area contributed by atoms with E-state index in [9.17, 15) is 19.0 Å². The van der Waals surface area contributed by atoms with Gasteiger partial charge in [0.05, 0.1) is 13.2 Å². The number of hydrogen-bond donors (Lipinski definition) is 2. The predicted molar refractivity (Wildman–Crippen MR) is 288 cm³/mol. The zero-order valence-corrected chi connectivity index (χ0v) is 43.7. The van der Waals surface area contributed by atoms with E-state index in [0.29, 0.717) is 12.8 Å². The van der Waals surface area contributed by atoms with Crippen LogP contribution in [0.4, 0.5) is 0 Å². The number of carbonyl (C=O) groups is 2. The third kappa shape index (κ3) is 51.8. The summed E-state index contributed by atoms with van der Waals surface area (Å²) in [5.41, 5.74) is 5.37. The Morgan fingerprint density at radius 1 is 0.456 bits per heavy atom. The van der Waals surface area contributed by atoms with E-state index in [1.54, 1.807) is 0 Å². The average molecular weight is 966 g/mol. The maximum absolute atomic E-state index is 12.7. The third-order valence-corrected chi connectivity index (χ3v) is 11.6. The van der Waals surface area contributed by atoms with Crippen LogP contribution in [-0.4, -0.2) is 49.3 Å². The van der Waals surface area contributed by atoms with Gasteiger partial charge in [-0.1, -0.05) is 200 Å². The molecular formula is C58H96NO8P. The maximum Gasteiger partial charge on any atom is 0.472 e. The van der Waals surface area contributed by atoms with Gasteiger partial charge in [0.15, 0.2) is 6.10 Å². The number of phosphoric acid groups is 1. The van der Waals surface area contributed by atoms with Gasteiger partial charge in [0.25, 0.3) is 0 Å². The molecule has 0 saturated carbocycles. The van der Waals surface area contributed by atoms with E-state index in [1.807, 2.05) is 0 Å². The summed E-state index contributed by atoms with van der Waals surface area (Å²) in [5, 5.41) is 0. The molecule has 2 unspecified atom stereocenters. The molecule has 0 aliphatic rings. The first-order chi connectivity index (χ1) is 33.3. The Bertz CT molecular complexity index is 1520. The van der Waals surface area contributed by atoms with Crippen molar-refractivity contribution in [2.45, 2.75) is 206 Å². The van der Waals surface area contributed by atoms with Crippen LogP contribution in [0.15, 0.2) is 122 Å². The number of esters is 2. The van der Waals surface area contributed by atoms with Gasteiger partial charge in [-0.05, 0) is 109 Å². The van der Waals surface area contributed by atoms with Crippen LogP contribution < -0.4 is 5.73 Å². The molecule has 0 amide bonds. The minimum Gasteiger partial charge on any atom is -0.462 e. The first-order valence-corrected chi connectivity index (χ1v) is 28.0. The molecule has 386 valence electrons. The van der Waals surface area contributed by atoms with Gasteiger partial charge < -0.3 is 20.1 Å². The Hall–Kier alpha value is -3.59. The van der Waals surface area contributed by atoms with Gasteiger partial charge in [0, 0.05) is 19.4 Å². The lowest BCUT2D eigenvalue weighted by Gasteiger charge is -2.19. The molecule has 10 heteroatoms. The molecule has 0 radical (unpaired) electrons. The van der Waals surface area contributed by atoms with Crippen LogP contribution in [0.2, 0.25) is 0 Å². The fourth-order valence-electron chi connectivity index (χ4n) is 6.68. The van der Waals surface area contributed by atoms with Crippen molar-refractivity contribution < 1.29 is 37.6 Å². The van der Waals surface area contributed by atoms with Gasteiger partial charge in [-0.25, -0.2) is 4.57 Å². The average Bonchev–Trinajstić information content (AvgIpc) is 3.33. The van der Waals surface area contributed by atoms with Gasteiger partial charge in [-0.2, -0.15) is 0 Å². The SMILES string of the molecule is CC/C=C\C/C=C\C/C=C\C/C=C\C/C=C\C/C=C\C/C=C\C/C=C\CCCCCCC(=O)OC(COC(=O)CCCCCCCCC/C=C\C/C=C\CCCCCC)COP(=O)(O)OCCN. The number of ether oxygens (including phenoxy) is 2. The Morgan fingerprint density at radius 3 is 1.21 bits per heavy atom. The highest BCUT2D eigenvalue weighted by Crippen LogP contribution is 2.43. The summed E-state index contributed by atoms with van der Waals surface area (Å²) >= 11 is 0. The summed E-state index contributed by atoms with van der Waals surface area (Å²) < 4.78 is 32.9. The molecule has 3 N–H and O–H groups in total. The second-order valence-electron chi connectivity index (χ2n) is 17.0. The lowest BCUT2D eigenvalue weighted by atomic mass is 10.1. The minimum absolute atomic E-state index is 0.0408. The van der Waals surface area contributed by atoms with Gasteiger partial charge in [0.1, 0.15) is 6.61 Å². The fraction of sp³-hybridized carbons (Fsp3) is 0.621. The Kier molecular flexibility index (Phi) is 50.0. The van der Waals surface area contributed by atoms with Crippen molar-refractivity contribution in [2.24, 2.45) is 5.73 Å². The van der Waals surface area contributed by atoms with Gasteiger partial charge in [0.2, 0.25) is 0 Å². The lowest BCUT2D eigenvalue weighted by molar-refractivity contribution is -0.161. The van der Waals surface area contributed by atoms with Crippen molar-refractivity contribution in [1.82, 2.24) is 0 Å². The van der Waals surface area contributed by atoms with E-state index in [1.165, 1.54) is 51.4 Å². The smallest absolute Gasteiger partial charge is 0.462 e. The van der Waals surface area contributed by atoms with Crippen LogP contribution in [0.3, 0.4) is 0 Å². The van der Waals surface area contributed by atoms with Crippen molar-refractivity contribution in [3.05, 3.63) is 122 Å². The van der Waals surface area contributed by atoms with Crippen LogP contribution >= 0.6 is 7.82 Å². The topological polar surface area (TPSA) is 134 Å². The summed E-state index contributed by atoms with van der Waals surface area (Å²) in [6.07, 6.45) is 72.3. The minimum atomic E-state index is -4.40. The summed E-state index contributed by atoms with van der Waals surface area (Å²) in [6.45, 7) is 3.55. The summed E-state index contributed by atoms with van der Waals surface area (Å²) in [7, 11) is -4.40. The van der Waals surface area contributed by atoms with Crippen LogP contribution in [0, 0.1) is 0 Å². The van der Waals surface area contributed by atoms with Crippen LogP contribution in [0.1, 0.15) is 200 Å². The number of unbranched alkanes of at least 4 members (excludes halogenated alkanes) is 15. The Balaban J connectivity index is 4.15. The summed E-state index contributed by atoms with van der Waals surface area (Å²) in [4.78, 5) is 35.1. The monoisotopic (exact) mass is 966 g/mol. The molecule has 2 atom stereocenters. The molecule has 0 aliphatic heterocycles. The highest BCUT2D eigenvalue weighted by molar-refractivity contribution is 7.47. The molecule has 0 heterocycles. The molecule has 0 spiro atoms. The third-order valence-electron chi connectivity index (χ3n) is 10.6. The molecular weight excluding hydrogens is 870 g/mol. The van der Waals surface area contributed by atoms with Crippen molar-refractivity contribution in [2.75, 3.05) is 26.4 Å². The molecule has 0 aromatic rings. The first kappa shape index (κ1) is 64.4. The Morgan fingerprint density at radius 2 is 0.809 bits per heavy atom. The molecule has 0 bridgehead atoms. The zero-order valence-electron chi connectivity index (χ0n) is 42.8. The summed E-state index contributed by atoms with van der Waals surface area (Å²) in [5.74, 6) is -0.876. The number of nitrogens with two attached hydrogens (primary N) is 1. The van der Waals surface area contributed by atoms with E-state index in [-0.39, 0.29) is 32.6 Å². The zero-order chi connectivity index (χ0) is 49.5. The molecule has 0 rings (SSSR count). The van der Waals surface area contributed by atoms with E-state index in [0.717, 1.165) is 109 Å². The molecule has 0 aromatic carbocycles. The maximum atomic E-state index is 12.7. The van der Waals surface area contributed by atoms with Crippen LogP contribution in [0.5, 0.6) is 0 Å². The molecule has 68 heavy (non-hydrogen) atoms. The fourth-order valence-corrected chi connectivity index (χ4v) is 7.44. The molecule has 0 aromatic heterocycles. The molecule has 0 saturated heterocycles. The summed E-state index contributed by atoms with van der Waals surface area (Å²) in [6, 6.07) is 0. The van der Waals surface area contributed by atoms with Crippen molar-refractivity contribution in [1.29, 1.82) is 0 Å². The van der Waals surface area contributed by atoms with Gasteiger partial charge >= 0.3 is 19.8 Å². The van der Waals surface area contributed by atoms with Gasteiger partial charge in [-0.15, -0.1) is 0 Å². The van der Waals surface area contributed by atoms with Gasteiger partial charge in [-0.3, -0.25) is 18.6 Å². The lowest BCUT2D eigenvalue weighted by Crippen LogP contribution is -2.29. The highest BCUT2D eigenvalue weighted by atomic mass is 31.2. The van der Waals surface area contributed by atoms with E-state index in [4.69, 9.17) is 24.3 Å². The molecule has 0 aliphatic carbocycles. The number of allylic oxidation sites excluding steroid dienone is 20. The second-order valence-corrected chi connectivity index (χ2v) is 18.5. The van der Waals surface area contributed by atoms with Crippen molar-refractivity contribution in [3.63, 3.8) is 0 Å². The molecule has 9 nitrogen and oxygen atoms in total. The number of carbonyl (C=O) groups excluding carboxylic acids is 2. The molecule has 0 fully saturated rings. The first-order valence-electron chi connectivity index (χ1n) is 26.5. The standard InChI is InChI=1S/C58H96NO8P/c1-3-5-7-9-11-13-15-17-19-21-23-24-25-26-27-28-29-30-31-32-33-35-37-39-41-43-45-47-49-51-58(61)67-56(55-66-68(62,63)65-53-52-59)54-64-57(60)50-48-46-44-42-40-38-36-34-22-20-18-16-14-12-10-8-6-4-2/h5,7,11,13-14,16-17,19-20,22-24,26-27,29-30,32-33,37,39,56H,3-4,6,8-10,12,15,18,21,25,28,31,34-36,38,40-55,59H2,1-2H3,(H,62,63)/b7-5-,13-11-,16-14-,19-17-,22-20-,24-23-,27-26-,30-29-,33-32-,39-37-. The predicted octanol–water partition coefficient (Wildman–Crippen LogP) is 16.4. The number of hydrogen-bond acceptors (Lipinski definition) is 8. The van der Waals surface area contributed by atoms with Crippen molar-refractivity contribution in [3.8, 4) is 0 Å². The van der Waals surface area contributed by atoms with Crippen LogP contribution in [-0.2, 0) is 32.7 Å². The van der Waals surface area contributed by atoms with Crippen molar-refractivity contribution >= 4 is 19.8 Å². The largest absolute Gasteiger partial charge is 0.472 e.